The Hall–Kier alpha value is -0.610. The fraction of sp³-hybridized carbons (Fsp3) is 0.889. The molecule has 0 bridgehead atoms. The monoisotopic (exact) mass is 188 g/mol. The van der Waals surface area contributed by atoms with E-state index >= 15 is 0 Å². The number of carbonyl (C=O) groups is 1. The molecule has 4 nitrogen and oxygen atoms in total. The third kappa shape index (κ3) is 3.32. The molecule has 0 radical (unpaired) electrons. The van der Waals surface area contributed by atoms with E-state index in [0.29, 0.717) is 13.2 Å². The first-order chi connectivity index (χ1) is 6.03. The third-order valence-corrected chi connectivity index (χ3v) is 1.77. The van der Waals surface area contributed by atoms with Crippen molar-refractivity contribution in [3.8, 4) is 0 Å². The minimum absolute atomic E-state index is 0.158. The Morgan fingerprint density at radius 1 is 1.62 bits per heavy atom. The van der Waals surface area contributed by atoms with Crippen LogP contribution in [-0.4, -0.2) is 31.1 Å². The lowest BCUT2D eigenvalue weighted by Crippen LogP contribution is -2.23. The van der Waals surface area contributed by atoms with E-state index in [1.165, 1.54) is 0 Å². The van der Waals surface area contributed by atoms with E-state index in [4.69, 9.17) is 14.2 Å². The molecule has 0 N–H and O–H groups in total. The van der Waals surface area contributed by atoms with E-state index in [1.54, 1.807) is 6.92 Å². The minimum atomic E-state index is -0.558. The molecule has 4 heteroatoms. The van der Waals surface area contributed by atoms with Crippen molar-refractivity contribution in [3.05, 3.63) is 0 Å². The largest absolute Gasteiger partial charge is 0.466 e. The topological polar surface area (TPSA) is 44.8 Å². The van der Waals surface area contributed by atoms with Gasteiger partial charge in [-0.3, -0.25) is 4.79 Å². The molecule has 0 amide bonds. The molecule has 1 aliphatic rings. The van der Waals surface area contributed by atoms with E-state index in [2.05, 4.69) is 0 Å². The Morgan fingerprint density at radius 2 is 2.31 bits per heavy atom. The average molecular weight is 188 g/mol. The van der Waals surface area contributed by atoms with Crippen molar-refractivity contribution in [2.45, 2.75) is 39.1 Å². The number of ether oxygens (including phenoxy) is 3. The van der Waals surface area contributed by atoms with Crippen LogP contribution in [0.4, 0.5) is 0 Å². The van der Waals surface area contributed by atoms with Crippen LogP contribution in [0.2, 0.25) is 0 Å². The smallest absolute Gasteiger partial charge is 0.308 e. The summed E-state index contributed by atoms with van der Waals surface area (Å²) in [6.45, 7) is 6.33. The number of carbonyl (C=O) groups excluding carboxylic acids is 1. The normalized spacial score (nSPS) is 25.9. The SMILES string of the molecule is CCOC(=O)C[C@H]1COC(C)(C)O1. The van der Waals surface area contributed by atoms with Gasteiger partial charge in [-0.1, -0.05) is 0 Å². The van der Waals surface area contributed by atoms with Crippen LogP contribution in [0.25, 0.3) is 0 Å². The first-order valence-corrected chi connectivity index (χ1v) is 4.51. The van der Waals surface area contributed by atoms with Crippen LogP contribution in [0.1, 0.15) is 27.2 Å². The molecule has 0 saturated carbocycles. The summed E-state index contributed by atoms with van der Waals surface area (Å²) < 4.78 is 15.5. The van der Waals surface area contributed by atoms with Crippen molar-refractivity contribution >= 4 is 5.97 Å². The Morgan fingerprint density at radius 3 is 2.77 bits per heavy atom. The highest BCUT2D eigenvalue weighted by molar-refractivity contribution is 5.69. The van der Waals surface area contributed by atoms with Crippen LogP contribution in [0.5, 0.6) is 0 Å². The number of hydrogen-bond acceptors (Lipinski definition) is 4. The summed E-state index contributed by atoms with van der Waals surface area (Å²) in [5.41, 5.74) is 0. The van der Waals surface area contributed by atoms with E-state index in [1.807, 2.05) is 13.8 Å². The maximum Gasteiger partial charge on any atom is 0.308 e. The molecule has 0 aliphatic carbocycles. The average Bonchev–Trinajstić information content (AvgIpc) is 2.30. The van der Waals surface area contributed by atoms with E-state index < -0.39 is 5.79 Å². The van der Waals surface area contributed by atoms with Gasteiger partial charge in [-0.25, -0.2) is 0 Å². The molecular formula is C9H16O4. The lowest BCUT2D eigenvalue weighted by molar-refractivity contribution is -0.153. The van der Waals surface area contributed by atoms with Gasteiger partial charge in [0.15, 0.2) is 5.79 Å². The predicted molar refractivity (Wildman–Crippen MR) is 46.2 cm³/mol. The quantitative estimate of drug-likeness (QED) is 0.622. The highest BCUT2D eigenvalue weighted by atomic mass is 16.7. The molecule has 0 aromatic carbocycles. The molecular weight excluding hydrogens is 172 g/mol. The van der Waals surface area contributed by atoms with Gasteiger partial charge < -0.3 is 14.2 Å². The number of rotatable bonds is 3. The first kappa shape index (κ1) is 10.5. The predicted octanol–water partition coefficient (Wildman–Crippen LogP) is 1.09. The Bertz CT molecular complexity index is 188. The molecule has 0 aromatic rings. The zero-order chi connectivity index (χ0) is 9.90. The van der Waals surface area contributed by atoms with Gasteiger partial charge in [0.1, 0.15) is 0 Å². The maximum atomic E-state index is 11.1. The lowest BCUT2D eigenvalue weighted by atomic mass is 10.3. The zero-order valence-electron chi connectivity index (χ0n) is 8.33. The second-order valence-electron chi connectivity index (χ2n) is 3.46. The van der Waals surface area contributed by atoms with E-state index in [9.17, 15) is 4.79 Å². The Labute approximate surface area is 78.2 Å². The van der Waals surface area contributed by atoms with Gasteiger partial charge >= 0.3 is 5.97 Å². The molecule has 1 fully saturated rings. The number of hydrogen-bond donors (Lipinski definition) is 0. The molecule has 1 heterocycles. The summed E-state index contributed by atoms with van der Waals surface area (Å²) in [5, 5.41) is 0. The first-order valence-electron chi connectivity index (χ1n) is 4.51. The van der Waals surface area contributed by atoms with Crippen LogP contribution in [0.15, 0.2) is 0 Å². The molecule has 1 rings (SSSR count). The summed E-state index contributed by atoms with van der Waals surface area (Å²) in [4.78, 5) is 11.1. The van der Waals surface area contributed by atoms with Gasteiger partial charge in [0, 0.05) is 0 Å². The standard InChI is InChI=1S/C9H16O4/c1-4-11-8(10)5-7-6-12-9(2,3)13-7/h7H,4-6H2,1-3H3/t7-/m0/s1. The van der Waals surface area contributed by atoms with Crippen molar-refractivity contribution in [2.75, 3.05) is 13.2 Å². The molecule has 13 heavy (non-hydrogen) atoms. The fourth-order valence-electron chi connectivity index (χ4n) is 1.27. The Balaban J connectivity index is 2.28. The third-order valence-electron chi connectivity index (χ3n) is 1.77. The van der Waals surface area contributed by atoms with Crippen LogP contribution in [0.3, 0.4) is 0 Å². The second-order valence-corrected chi connectivity index (χ2v) is 3.46. The summed E-state index contributed by atoms with van der Waals surface area (Å²) >= 11 is 0. The highest BCUT2D eigenvalue weighted by Gasteiger charge is 2.33. The van der Waals surface area contributed by atoms with Gasteiger partial charge in [-0.2, -0.15) is 0 Å². The van der Waals surface area contributed by atoms with E-state index in [0.717, 1.165) is 0 Å². The summed E-state index contributed by atoms with van der Waals surface area (Å²) in [7, 11) is 0. The fourth-order valence-corrected chi connectivity index (χ4v) is 1.27. The summed E-state index contributed by atoms with van der Waals surface area (Å²) in [6.07, 6.45) is 0.117. The molecule has 1 atom stereocenters. The summed E-state index contributed by atoms with van der Waals surface area (Å²) in [5.74, 6) is -0.786. The van der Waals surface area contributed by atoms with Crippen LogP contribution >= 0.6 is 0 Å². The van der Waals surface area contributed by atoms with Crippen molar-refractivity contribution in [3.63, 3.8) is 0 Å². The molecule has 0 aromatic heterocycles. The summed E-state index contributed by atoms with van der Waals surface area (Å²) in [6, 6.07) is 0. The molecule has 0 unspecified atom stereocenters. The van der Waals surface area contributed by atoms with Crippen LogP contribution < -0.4 is 0 Å². The molecule has 1 saturated heterocycles. The minimum Gasteiger partial charge on any atom is -0.466 e. The van der Waals surface area contributed by atoms with Crippen LogP contribution in [0, 0.1) is 0 Å². The van der Waals surface area contributed by atoms with Crippen molar-refractivity contribution in [1.29, 1.82) is 0 Å². The second kappa shape index (κ2) is 4.07. The molecule has 1 aliphatic heterocycles. The van der Waals surface area contributed by atoms with Crippen molar-refractivity contribution in [2.24, 2.45) is 0 Å². The van der Waals surface area contributed by atoms with Gasteiger partial charge in [0.05, 0.1) is 25.7 Å². The van der Waals surface area contributed by atoms with Gasteiger partial charge in [0.25, 0.3) is 0 Å². The van der Waals surface area contributed by atoms with Crippen molar-refractivity contribution < 1.29 is 19.0 Å². The van der Waals surface area contributed by atoms with Crippen molar-refractivity contribution in [1.82, 2.24) is 0 Å². The van der Waals surface area contributed by atoms with Crippen LogP contribution in [-0.2, 0) is 19.0 Å². The van der Waals surface area contributed by atoms with Gasteiger partial charge in [0.2, 0.25) is 0 Å². The Kier molecular flexibility index (Phi) is 3.27. The number of esters is 1. The van der Waals surface area contributed by atoms with Gasteiger partial charge in [-0.05, 0) is 20.8 Å². The highest BCUT2D eigenvalue weighted by Crippen LogP contribution is 2.24. The molecule has 0 spiro atoms. The maximum absolute atomic E-state index is 11.1. The molecule has 76 valence electrons. The zero-order valence-corrected chi connectivity index (χ0v) is 8.33. The van der Waals surface area contributed by atoms with E-state index in [-0.39, 0.29) is 18.5 Å². The van der Waals surface area contributed by atoms with Gasteiger partial charge in [-0.15, -0.1) is 0 Å². The lowest BCUT2D eigenvalue weighted by Gasteiger charge is -2.16.